The molecule has 0 aliphatic rings. The average Bonchev–Trinajstić information content (AvgIpc) is 3.27. The first kappa shape index (κ1) is 19.1. The summed E-state index contributed by atoms with van der Waals surface area (Å²) in [6.07, 6.45) is 0. The average molecular weight is 413 g/mol. The second kappa shape index (κ2) is 6.98. The van der Waals surface area contributed by atoms with E-state index in [1.54, 1.807) is 56.4 Å². The van der Waals surface area contributed by atoms with Gasteiger partial charge in [0.05, 0.1) is 22.0 Å². The quantitative estimate of drug-likeness (QED) is 0.517. The molecular weight excluding hydrogens is 394 g/mol. The molecule has 0 radical (unpaired) electrons. The summed E-state index contributed by atoms with van der Waals surface area (Å²) in [5, 5.41) is 3.94. The van der Waals surface area contributed by atoms with Gasteiger partial charge in [-0.05, 0) is 44.2 Å². The largest absolute Gasteiger partial charge is 0.337 e. The van der Waals surface area contributed by atoms with E-state index in [1.807, 2.05) is 6.92 Å². The van der Waals surface area contributed by atoms with Gasteiger partial charge in [0.2, 0.25) is 21.7 Å². The number of nitrogens with zero attached hydrogens (tertiary/aromatic N) is 3. The lowest BCUT2D eigenvalue weighted by atomic mass is 10.2. The summed E-state index contributed by atoms with van der Waals surface area (Å²) in [5.41, 5.74) is 2.79. The van der Waals surface area contributed by atoms with E-state index < -0.39 is 16.1 Å². The highest BCUT2D eigenvalue weighted by Crippen LogP contribution is 2.23. The van der Waals surface area contributed by atoms with Crippen LogP contribution in [0.15, 0.2) is 56.7 Å². The molecule has 0 amide bonds. The summed E-state index contributed by atoms with van der Waals surface area (Å²) in [6.45, 7) is 3.51. The van der Waals surface area contributed by atoms with Crippen molar-refractivity contribution in [3.8, 4) is 11.4 Å². The van der Waals surface area contributed by atoms with Gasteiger partial charge in [-0.15, -0.1) is 0 Å². The molecule has 0 saturated carbocycles. The van der Waals surface area contributed by atoms with Gasteiger partial charge < -0.3 is 9.51 Å². The molecule has 9 nitrogen and oxygen atoms in total. The molecule has 10 heteroatoms. The van der Waals surface area contributed by atoms with Crippen molar-refractivity contribution >= 4 is 21.1 Å². The summed E-state index contributed by atoms with van der Waals surface area (Å²) >= 11 is 0. The van der Waals surface area contributed by atoms with Gasteiger partial charge in [0.25, 0.3) is 0 Å². The number of rotatable bonds is 5. The zero-order valence-corrected chi connectivity index (χ0v) is 16.8. The molecule has 4 aromatic rings. The standard InChI is InChI=1S/C19H19N5O4S/c1-11-4-7-14(8-5-11)29(26,27)23-12(2)18-21-17(22-28-18)13-6-9-16-15(10-13)20-19(25)24(16)3/h4-10,12,23H,1-3H3,(H,20,25)/t12-/m1/s1. The maximum atomic E-state index is 12.5. The molecule has 2 aromatic carbocycles. The Bertz CT molecular complexity index is 1350. The Labute approximate surface area is 166 Å². The highest BCUT2D eigenvalue weighted by Gasteiger charge is 2.23. The second-order valence-electron chi connectivity index (χ2n) is 6.83. The number of hydrogen-bond acceptors (Lipinski definition) is 6. The van der Waals surface area contributed by atoms with Crippen LogP contribution in [0.2, 0.25) is 0 Å². The zero-order chi connectivity index (χ0) is 20.8. The van der Waals surface area contributed by atoms with E-state index in [-0.39, 0.29) is 16.5 Å². The fourth-order valence-corrected chi connectivity index (χ4v) is 4.17. The van der Waals surface area contributed by atoms with E-state index in [0.717, 1.165) is 11.1 Å². The SMILES string of the molecule is Cc1ccc(S(=O)(=O)N[C@H](C)c2nc(-c3ccc4c(c3)[nH]c(=O)n4C)no2)cc1. The van der Waals surface area contributed by atoms with Crippen LogP contribution >= 0.6 is 0 Å². The fourth-order valence-electron chi connectivity index (χ4n) is 2.97. The third kappa shape index (κ3) is 3.59. The van der Waals surface area contributed by atoms with Crippen LogP contribution in [-0.2, 0) is 17.1 Å². The Kier molecular flexibility index (Phi) is 4.59. The number of hydrogen-bond donors (Lipinski definition) is 2. The summed E-state index contributed by atoms with van der Waals surface area (Å²) in [5.74, 6) is 0.435. The van der Waals surface area contributed by atoms with Gasteiger partial charge in [0.1, 0.15) is 0 Å². The van der Waals surface area contributed by atoms with E-state index in [1.165, 1.54) is 4.57 Å². The molecule has 0 saturated heterocycles. The van der Waals surface area contributed by atoms with Crippen molar-refractivity contribution < 1.29 is 12.9 Å². The first-order chi connectivity index (χ1) is 13.7. The molecule has 2 aromatic heterocycles. The van der Waals surface area contributed by atoms with Crippen molar-refractivity contribution in [2.24, 2.45) is 7.05 Å². The van der Waals surface area contributed by atoms with E-state index in [9.17, 15) is 13.2 Å². The van der Waals surface area contributed by atoms with Crippen molar-refractivity contribution in [1.29, 1.82) is 0 Å². The molecule has 0 bridgehead atoms. The van der Waals surface area contributed by atoms with E-state index in [4.69, 9.17) is 4.52 Å². The van der Waals surface area contributed by atoms with Crippen LogP contribution in [-0.4, -0.2) is 28.1 Å². The third-order valence-corrected chi connectivity index (χ3v) is 6.19. The van der Waals surface area contributed by atoms with E-state index in [2.05, 4.69) is 19.8 Å². The molecule has 0 fully saturated rings. The Hall–Kier alpha value is -3.24. The lowest BCUT2D eigenvalue weighted by Gasteiger charge is -2.10. The van der Waals surface area contributed by atoms with E-state index in [0.29, 0.717) is 16.9 Å². The normalized spacial score (nSPS) is 13.1. The third-order valence-electron chi connectivity index (χ3n) is 4.64. The number of fused-ring (bicyclic) bond motifs is 1. The van der Waals surface area contributed by atoms with Crippen molar-refractivity contribution in [2.75, 3.05) is 0 Å². The van der Waals surface area contributed by atoms with Gasteiger partial charge in [-0.25, -0.2) is 13.2 Å². The van der Waals surface area contributed by atoms with Crippen LogP contribution in [0.3, 0.4) is 0 Å². The van der Waals surface area contributed by atoms with Gasteiger partial charge in [-0.3, -0.25) is 4.57 Å². The van der Waals surface area contributed by atoms with Crippen LogP contribution in [0.1, 0.15) is 24.4 Å². The lowest BCUT2D eigenvalue weighted by Crippen LogP contribution is -2.27. The van der Waals surface area contributed by atoms with Crippen LogP contribution in [0.5, 0.6) is 0 Å². The van der Waals surface area contributed by atoms with Gasteiger partial charge in [-0.2, -0.15) is 9.71 Å². The maximum absolute atomic E-state index is 12.5. The maximum Gasteiger partial charge on any atom is 0.326 e. The molecule has 0 aliphatic heterocycles. The molecule has 150 valence electrons. The zero-order valence-electron chi connectivity index (χ0n) is 16.0. The molecule has 0 spiro atoms. The molecular formula is C19H19N5O4S. The highest BCUT2D eigenvalue weighted by molar-refractivity contribution is 7.89. The predicted molar refractivity (Wildman–Crippen MR) is 107 cm³/mol. The van der Waals surface area contributed by atoms with Gasteiger partial charge in [-0.1, -0.05) is 22.9 Å². The van der Waals surface area contributed by atoms with Gasteiger partial charge >= 0.3 is 5.69 Å². The van der Waals surface area contributed by atoms with E-state index >= 15 is 0 Å². The number of aromatic nitrogens is 4. The summed E-state index contributed by atoms with van der Waals surface area (Å²) < 4.78 is 34.4. The summed E-state index contributed by atoms with van der Waals surface area (Å²) in [4.78, 5) is 19.0. The minimum atomic E-state index is -3.73. The van der Waals surface area contributed by atoms with Crippen molar-refractivity contribution in [3.05, 3.63) is 64.4 Å². The minimum absolute atomic E-state index is 0.136. The molecule has 4 rings (SSSR count). The number of imidazole rings is 1. The summed E-state index contributed by atoms with van der Waals surface area (Å²) in [7, 11) is -2.06. The molecule has 0 unspecified atom stereocenters. The lowest BCUT2D eigenvalue weighted by molar-refractivity contribution is 0.354. The molecule has 29 heavy (non-hydrogen) atoms. The first-order valence-corrected chi connectivity index (χ1v) is 10.3. The topological polar surface area (TPSA) is 123 Å². The second-order valence-corrected chi connectivity index (χ2v) is 8.55. The molecule has 1 atom stereocenters. The van der Waals surface area contributed by atoms with Crippen molar-refractivity contribution in [2.45, 2.75) is 24.8 Å². The number of nitrogens with one attached hydrogen (secondary N) is 2. The number of aromatic amines is 1. The summed E-state index contributed by atoms with van der Waals surface area (Å²) in [6, 6.07) is 11.1. The van der Waals surface area contributed by atoms with Gasteiger partial charge in [0.15, 0.2) is 0 Å². The Morgan fingerprint density at radius 3 is 2.62 bits per heavy atom. The number of H-pyrrole nitrogens is 1. The fraction of sp³-hybridized carbons (Fsp3) is 0.211. The van der Waals surface area contributed by atoms with Crippen LogP contribution in [0.4, 0.5) is 0 Å². The Morgan fingerprint density at radius 1 is 1.17 bits per heavy atom. The smallest absolute Gasteiger partial charge is 0.326 e. The highest BCUT2D eigenvalue weighted by atomic mass is 32.2. The van der Waals surface area contributed by atoms with Crippen molar-refractivity contribution in [1.82, 2.24) is 24.4 Å². The number of benzene rings is 2. The number of aryl methyl sites for hydroxylation is 2. The minimum Gasteiger partial charge on any atom is -0.337 e. The first-order valence-electron chi connectivity index (χ1n) is 8.86. The van der Waals surface area contributed by atoms with Gasteiger partial charge in [0, 0.05) is 12.6 Å². The Balaban J connectivity index is 1.58. The molecule has 0 aliphatic carbocycles. The van der Waals surface area contributed by atoms with Crippen LogP contribution < -0.4 is 10.4 Å². The number of sulfonamides is 1. The van der Waals surface area contributed by atoms with Crippen LogP contribution in [0, 0.1) is 6.92 Å². The molecule has 2 heterocycles. The molecule has 2 N–H and O–H groups in total. The van der Waals surface area contributed by atoms with Crippen LogP contribution in [0.25, 0.3) is 22.4 Å². The monoisotopic (exact) mass is 413 g/mol. The predicted octanol–water partition coefficient (Wildman–Crippen LogP) is 2.26. The van der Waals surface area contributed by atoms with Crippen molar-refractivity contribution in [3.63, 3.8) is 0 Å². The Morgan fingerprint density at radius 2 is 1.90 bits per heavy atom.